The second-order valence-corrected chi connectivity index (χ2v) is 4.82. The predicted octanol–water partition coefficient (Wildman–Crippen LogP) is 2.70. The lowest BCUT2D eigenvalue weighted by atomic mass is 9.95. The summed E-state index contributed by atoms with van der Waals surface area (Å²) in [5, 5.41) is 32.6. The van der Waals surface area contributed by atoms with Gasteiger partial charge in [-0.2, -0.15) is 0 Å². The van der Waals surface area contributed by atoms with E-state index >= 15 is 0 Å². The van der Waals surface area contributed by atoms with Crippen molar-refractivity contribution in [3.63, 3.8) is 0 Å². The summed E-state index contributed by atoms with van der Waals surface area (Å²) in [6.07, 6.45) is 0. The van der Waals surface area contributed by atoms with Crippen LogP contribution in [0.1, 0.15) is 55.6 Å². The SMILES string of the molecule is CC(c1cc(C(C)[N+](=O)[O-])cc(C(C)[N+](=O)[O-])c1)[N+](=O)[O-]. The molecule has 9 heteroatoms. The Hall–Kier alpha value is -2.58. The van der Waals surface area contributed by atoms with Gasteiger partial charge in [0.05, 0.1) is 0 Å². The zero-order valence-corrected chi connectivity index (χ0v) is 11.8. The van der Waals surface area contributed by atoms with Gasteiger partial charge in [-0.05, 0) is 18.2 Å². The Balaban J connectivity index is 3.42. The van der Waals surface area contributed by atoms with Crippen molar-refractivity contribution in [1.82, 2.24) is 0 Å². The van der Waals surface area contributed by atoms with Crippen LogP contribution in [0.25, 0.3) is 0 Å². The molecule has 9 nitrogen and oxygen atoms in total. The summed E-state index contributed by atoms with van der Waals surface area (Å²) in [6, 6.07) is 0.787. The average molecular weight is 297 g/mol. The maximum absolute atomic E-state index is 10.9. The van der Waals surface area contributed by atoms with Crippen LogP contribution < -0.4 is 0 Å². The maximum Gasteiger partial charge on any atom is 0.235 e. The van der Waals surface area contributed by atoms with Crippen LogP contribution in [0.15, 0.2) is 18.2 Å². The Morgan fingerprint density at radius 1 is 0.667 bits per heavy atom. The average Bonchev–Trinajstić information content (AvgIpc) is 2.43. The van der Waals surface area contributed by atoms with Crippen LogP contribution in [0.2, 0.25) is 0 Å². The molecule has 0 amide bonds. The fraction of sp³-hybridized carbons (Fsp3) is 0.500. The molecule has 0 aliphatic heterocycles. The molecule has 0 N–H and O–H groups in total. The Morgan fingerprint density at radius 2 is 0.857 bits per heavy atom. The lowest BCUT2D eigenvalue weighted by molar-refractivity contribution is -0.527. The molecule has 0 saturated heterocycles. The van der Waals surface area contributed by atoms with Crippen molar-refractivity contribution in [3.05, 3.63) is 65.2 Å². The minimum Gasteiger partial charge on any atom is -0.264 e. The van der Waals surface area contributed by atoms with Crippen molar-refractivity contribution < 1.29 is 14.8 Å². The van der Waals surface area contributed by atoms with Gasteiger partial charge in [0.2, 0.25) is 18.1 Å². The van der Waals surface area contributed by atoms with E-state index < -0.39 is 32.9 Å². The predicted molar refractivity (Wildman–Crippen MR) is 72.7 cm³/mol. The molecule has 0 aliphatic carbocycles. The number of hydrogen-bond donors (Lipinski definition) is 0. The van der Waals surface area contributed by atoms with Crippen LogP contribution in [0.4, 0.5) is 0 Å². The number of hydrogen-bond acceptors (Lipinski definition) is 6. The summed E-state index contributed by atoms with van der Waals surface area (Å²) in [5.41, 5.74) is 0.653. The van der Waals surface area contributed by atoms with Crippen molar-refractivity contribution >= 4 is 0 Å². The first-order valence-corrected chi connectivity index (χ1v) is 6.20. The van der Waals surface area contributed by atoms with Crippen molar-refractivity contribution in [2.24, 2.45) is 0 Å². The molecule has 0 fully saturated rings. The van der Waals surface area contributed by atoms with Crippen molar-refractivity contribution in [1.29, 1.82) is 0 Å². The Morgan fingerprint density at radius 3 is 1.00 bits per heavy atom. The van der Waals surface area contributed by atoms with E-state index in [0.29, 0.717) is 0 Å². The zero-order chi connectivity index (χ0) is 16.3. The van der Waals surface area contributed by atoms with E-state index in [4.69, 9.17) is 0 Å². The number of rotatable bonds is 6. The van der Waals surface area contributed by atoms with E-state index in [1.54, 1.807) is 0 Å². The number of nitrogens with zero attached hydrogens (tertiary/aromatic N) is 3. The normalized spacial score (nSPS) is 15.0. The fourth-order valence-corrected chi connectivity index (χ4v) is 1.79. The van der Waals surface area contributed by atoms with E-state index in [0.717, 1.165) is 0 Å². The van der Waals surface area contributed by atoms with Crippen LogP contribution in [0.3, 0.4) is 0 Å². The molecule has 21 heavy (non-hydrogen) atoms. The molecular formula is C12H15N3O6. The highest BCUT2D eigenvalue weighted by Gasteiger charge is 2.26. The summed E-state index contributed by atoms with van der Waals surface area (Å²) in [6.45, 7) is 3.99. The lowest BCUT2D eigenvalue weighted by Crippen LogP contribution is -2.13. The van der Waals surface area contributed by atoms with Gasteiger partial charge >= 0.3 is 0 Å². The molecule has 0 spiro atoms. The molecule has 0 heterocycles. The smallest absolute Gasteiger partial charge is 0.235 e. The molecule has 0 aromatic heterocycles. The van der Waals surface area contributed by atoms with Gasteiger partial charge in [0.25, 0.3) is 0 Å². The third-order valence-electron chi connectivity index (χ3n) is 3.40. The molecule has 0 aliphatic rings. The fourth-order valence-electron chi connectivity index (χ4n) is 1.79. The second kappa shape index (κ2) is 6.25. The summed E-state index contributed by atoms with van der Waals surface area (Å²) in [7, 11) is 0. The molecule has 1 rings (SSSR count). The van der Waals surface area contributed by atoms with Gasteiger partial charge < -0.3 is 0 Å². The molecule has 0 radical (unpaired) electrons. The molecule has 3 atom stereocenters. The van der Waals surface area contributed by atoms with Gasteiger partial charge in [-0.1, -0.05) is 0 Å². The van der Waals surface area contributed by atoms with Crippen molar-refractivity contribution in [3.8, 4) is 0 Å². The van der Waals surface area contributed by atoms with Gasteiger partial charge in [-0.3, -0.25) is 30.3 Å². The first-order valence-electron chi connectivity index (χ1n) is 6.20. The van der Waals surface area contributed by atoms with Crippen molar-refractivity contribution in [2.45, 2.75) is 38.9 Å². The number of nitro groups is 3. The van der Waals surface area contributed by atoms with Crippen LogP contribution in [-0.4, -0.2) is 14.8 Å². The van der Waals surface area contributed by atoms with Gasteiger partial charge in [-0.25, -0.2) is 0 Å². The molecule has 0 bridgehead atoms. The minimum absolute atomic E-state index is 0.218. The van der Waals surface area contributed by atoms with Gasteiger partial charge in [0.15, 0.2) is 0 Å². The third kappa shape index (κ3) is 3.71. The monoisotopic (exact) mass is 297 g/mol. The minimum atomic E-state index is -1.10. The maximum atomic E-state index is 10.9. The molecular weight excluding hydrogens is 282 g/mol. The summed E-state index contributed by atoms with van der Waals surface area (Å²) >= 11 is 0. The number of benzene rings is 1. The van der Waals surface area contributed by atoms with E-state index in [1.807, 2.05) is 0 Å². The first-order chi connectivity index (χ1) is 9.65. The van der Waals surface area contributed by atoms with Crippen LogP contribution in [0, 0.1) is 30.3 Å². The highest BCUT2D eigenvalue weighted by molar-refractivity contribution is 5.33. The van der Waals surface area contributed by atoms with Crippen LogP contribution in [-0.2, 0) is 0 Å². The molecule has 0 saturated carbocycles. The standard InChI is InChI=1S/C12H15N3O6/c1-7(13(16)17)10-4-11(8(2)14(18)19)6-12(5-10)9(3)15(20)21/h4-9H,1-3H3. The van der Waals surface area contributed by atoms with Gasteiger partial charge in [0, 0.05) is 52.2 Å². The van der Waals surface area contributed by atoms with Crippen LogP contribution in [0.5, 0.6) is 0 Å². The Bertz CT molecular complexity index is 495. The zero-order valence-electron chi connectivity index (χ0n) is 11.8. The van der Waals surface area contributed by atoms with E-state index in [9.17, 15) is 30.3 Å². The van der Waals surface area contributed by atoms with Crippen LogP contribution >= 0.6 is 0 Å². The highest BCUT2D eigenvalue weighted by Crippen LogP contribution is 2.28. The van der Waals surface area contributed by atoms with Crippen molar-refractivity contribution in [2.75, 3.05) is 0 Å². The topological polar surface area (TPSA) is 129 Å². The summed E-state index contributed by atoms with van der Waals surface area (Å²) < 4.78 is 0. The molecule has 114 valence electrons. The first kappa shape index (κ1) is 16.5. The second-order valence-electron chi connectivity index (χ2n) is 4.82. The summed E-state index contributed by atoms with van der Waals surface area (Å²) in [5.74, 6) is 0. The summed E-state index contributed by atoms with van der Waals surface area (Å²) in [4.78, 5) is 31.0. The Labute approximate surface area is 120 Å². The lowest BCUT2D eigenvalue weighted by Gasteiger charge is -2.12. The highest BCUT2D eigenvalue weighted by atomic mass is 16.6. The van der Waals surface area contributed by atoms with E-state index in [2.05, 4.69) is 0 Å². The molecule has 1 aromatic rings. The van der Waals surface area contributed by atoms with E-state index in [1.165, 1.54) is 39.0 Å². The quantitative estimate of drug-likeness (QED) is 0.586. The molecule has 3 unspecified atom stereocenters. The van der Waals surface area contributed by atoms with Gasteiger partial charge in [-0.15, -0.1) is 0 Å². The third-order valence-corrected chi connectivity index (χ3v) is 3.40. The molecule has 1 aromatic carbocycles. The van der Waals surface area contributed by atoms with E-state index in [-0.39, 0.29) is 16.7 Å². The van der Waals surface area contributed by atoms with Gasteiger partial charge in [0.1, 0.15) is 0 Å². The largest absolute Gasteiger partial charge is 0.264 e. The Kier molecular flexibility index (Phi) is 4.90.